The fourth-order valence-corrected chi connectivity index (χ4v) is 2.51. The van der Waals surface area contributed by atoms with Crippen LogP contribution in [0, 0.1) is 0 Å². The van der Waals surface area contributed by atoms with Gasteiger partial charge in [-0.2, -0.15) is 0 Å². The van der Waals surface area contributed by atoms with Gasteiger partial charge in [0.05, 0.1) is 13.7 Å². The van der Waals surface area contributed by atoms with Crippen molar-refractivity contribution < 1.29 is 19.3 Å². The van der Waals surface area contributed by atoms with E-state index in [9.17, 15) is 0 Å². The van der Waals surface area contributed by atoms with Crippen molar-refractivity contribution in [3.8, 4) is 17.2 Å². The second-order valence-electron chi connectivity index (χ2n) is 5.85. The molecule has 3 aromatic carbocycles. The number of hydrogen-bond acceptors (Lipinski definition) is 4. The van der Waals surface area contributed by atoms with Crippen molar-refractivity contribution in [2.75, 3.05) is 7.11 Å². The van der Waals surface area contributed by atoms with Gasteiger partial charge in [0.25, 0.3) is 0 Å². The summed E-state index contributed by atoms with van der Waals surface area (Å²) in [5, 5.41) is 9.07. The van der Waals surface area contributed by atoms with Gasteiger partial charge in [-0.05, 0) is 41.0 Å². The highest BCUT2D eigenvalue weighted by Crippen LogP contribution is 2.29. The van der Waals surface area contributed by atoms with Crippen LogP contribution < -0.4 is 14.2 Å². The number of rotatable bonds is 8. The maximum atomic E-state index is 9.07. The van der Waals surface area contributed by atoms with Crippen molar-refractivity contribution in [2.24, 2.45) is 0 Å². The molecule has 0 aliphatic rings. The van der Waals surface area contributed by atoms with E-state index in [0.29, 0.717) is 24.7 Å². The molecule has 0 aromatic heterocycles. The molecule has 0 atom stereocenters. The van der Waals surface area contributed by atoms with E-state index in [4.69, 9.17) is 19.3 Å². The summed E-state index contributed by atoms with van der Waals surface area (Å²) in [6.07, 6.45) is 0. The molecule has 0 unspecified atom stereocenters. The highest BCUT2D eigenvalue weighted by molar-refractivity contribution is 5.43. The zero-order valence-corrected chi connectivity index (χ0v) is 14.7. The van der Waals surface area contributed by atoms with Gasteiger partial charge in [0, 0.05) is 0 Å². The lowest BCUT2D eigenvalue weighted by molar-refractivity contribution is 0.279. The minimum Gasteiger partial charge on any atom is -0.493 e. The lowest BCUT2D eigenvalue weighted by atomic mass is 10.2. The molecule has 134 valence electrons. The predicted octanol–water partition coefficient (Wildman–Crippen LogP) is 4.35. The van der Waals surface area contributed by atoms with E-state index in [0.717, 1.165) is 22.4 Å². The van der Waals surface area contributed by atoms with Gasteiger partial charge in [0.1, 0.15) is 19.0 Å². The summed E-state index contributed by atoms with van der Waals surface area (Å²) < 4.78 is 17.1. The lowest BCUT2D eigenvalue weighted by Gasteiger charge is -2.13. The van der Waals surface area contributed by atoms with Gasteiger partial charge in [0.2, 0.25) is 0 Å². The van der Waals surface area contributed by atoms with Crippen LogP contribution in [-0.4, -0.2) is 12.2 Å². The summed E-state index contributed by atoms with van der Waals surface area (Å²) in [6, 6.07) is 23.2. The van der Waals surface area contributed by atoms with E-state index < -0.39 is 0 Å². The average Bonchev–Trinajstić information content (AvgIpc) is 2.72. The third-order valence-electron chi connectivity index (χ3n) is 3.98. The molecule has 26 heavy (non-hydrogen) atoms. The Labute approximate surface area is 153 Å². The summed E-state index contributed by atoms with van der Waals surface area (Å²) in [5.41, 5.74) is 2.95. The molecule has 0 saturated carbocycles. The largest absolute Gasteiger partial charge is 0.493 e. The van der Waals surface area contributed by atoms with Gasteiger partial charge in [-0.3, -0.25) is 0 Å². The van der Waals surface area contributed by atoms with Crippen molar-refractivity contribution in [2.45, 2.75) is 19.8 Å². The molecular weight excluding hydrogens is 328 g/mol. The first-order valence-electron chi connectivity index (χ1n) is 8.44. The van der Waals surface area contributed by atoms with Crippen LogP contribution in [0.2, 0.25) is 0 Å². The van der Waals surface area contributed by atoms with E-state index in [1.54, 1.807) is 7.11 Å². The van der Waals surface area contributed by atoms with Crippen molar-refractivity contribution in [1.82, 2.24) is 0 Å². The average molecular weight is 350 g/mol. The standard InChI is InChI=1S/C22H22O4/c1-24-22-13-19(16-25-20-10-7-17(14-23)8-11-20)9-12-21(22)26-15-18-5-3-2-4-6-18/h2-13,23H,14-16H2,1H3. The molecule has 0 bridgehead atoms. The zero-order valence-electron chi connectivity index (χ0n) is 14.7. The highest BCUT2D eigenvalue weighted by atomic mass is 16.5. The SMILES string of the molecule is COc1cc(COc2ccc(CO)cc2)ccc1OCc1ccccc1. The molecule has 0 saturated heterocycles. The van der Waals surface area contributed by atoms with Crippen LogP contribution >= 0.6 is 0 Å². The van der Waals surface area contributed by atoms with Gasteiger partial charge in [-0.1, -0.05) is 48.5 Å². The Kier molecular flexibility index (Phi) is 6.12. The Bertz CT molecular complexity index is 813. The molecule has 0 amide bonds. The minimum absolute atomic E-state index is 0.0297. The molecule has 0 radical (unpaired) electrons. The maximum Gasteiger partial charge on any atom is 0.161 e. The summed E-state index contributed by atoms with van der Waals surface area (Å²) in [5.74, 6) is 2.13. The molecule has 0 fully saturated rings. The lowest BCUT2D eigenvalue weighted by Crippen LogP contribution is -2.00. The third-order valence-corrected chi connectivity index (χ3v) is 3.98. The third kappa shape index (κ3) is 4.77. The number of benzene rings is 3. The Morgan fingerprint density at radius 1 is 0.692 bits per heavy atom. The van der Waals surface area contributed by atoms with Crippen LogP contribution in [0.25, 0.3) is 0 Å². The highest BCUT2D eigenvalue weighted by Gasteiger charge is 2.07. The van der Waals surface area contributed by atoms with Crippen molar-refractivity contribution in [3.63, 3.8) is 0 Å². The van der Waals surface area contributed by atoms with Crippen LogP contribution in [0.3, 0.4) is 0 Å². The summed E-state index contributed by atoms with van der Waals surface area (Å²) in [7, 11) is 1.63. The fourth-order valence-electron chi connectivity index (χ4n) is 2.51. The molecule has 0 heterocycles. The number of methoxy groups -OCH3 is 1. The molecule has 0 aliphatic carbocycles. The van der Waals surface area contributed by atoms with Crippen LogP contribution in [0.1, 0.15) is 16.7 Å². The van der Waals surface area contributed by atoms with Crippen LogP contribution in [-0.2, 0) is 19.8 Å². The molecule has 0 spiro atoms. The normalized spacial score (nSPS) is 10.4. The van der Waals surface area contributed by atoms with Crippen LogP contribution in [0.15, 0.2) is 72.8 Å². The van der Waals surface area contributed by atoms with Gasteiger partial charge >= 0.3 is 0 Å². The fraction of sp³-hybridized carbons (Fsp3) is 0.182. The Morgan fingerprint density at radius 2 is 1.38 bits per heavy atom. The van der Waals surface area contributed by atoms with Gasteiger partial charge in [0.15, 0.2) is 11.5 Å². The molecule has 4 heteroatoms. The Balaban J connectivity index is 1.62. The molecule has 3 rings (SSSR count). The first kappa shape index (κ1) is 17.8. The molecule has 4 nitrogen and oxygen atoms in total. The molecule has 3 aromatic rings. The van der Waals surface area contributed by atoms with Crippen LogP contribution in [0.4, 0.5) is 0 Å². The maximum absolute atomic E-state index is 9.07. The van der Waals surface area contributed by atoms with Gasteiger partial charge in [-0.15, -0.1) is 0 Å². The number of aliphatic hydroxyl groups is 1. The predicted molar refractivity (Wildman–Crippen MR) is 100 cm³/mol. The molecule has 1 N–H and O–H groups in total. The van der Waals surface area contributed by atoms with E-state index in [2.05, 4.69) is 0 Å². The first-order chi connectivity index (χ1) is 12.8. The molecule has 0 aliphatic heterocycles. The van der Waals surface area contributed by atoms with E-state index in [1.807, 2.05) is 72.8 Å². The number of hydrogen-bond donors (Lipinski definition) is 1. The molecular formula is C22H22O4. The Hall–Kier alpha value is -2.98. The number of aliphatic hydroxyl groups excluding tert-OH is 1. The topological polar surface area (TPSA) is 47.9 Å². The van der Waals surface area contributed by atoms with Crippen molar-refractivity contribution in [3.05, 3.63) is 89.5 Å². The van der Waals surface area contributed by atoms with Crippen molar-refractivity contribution >= 4 is 0 Å². The quantitative estimate of drug-likeness (QED) is 0.656. The van der Waals surface area contributed by atoms with E-state index in [1.165, 1.54) is 0 Å². The second kappa shape index (κ2) is 8.92. The monoisotopic (exact) mass is 350 g/mol. The van der Waals surface area contributed by atoms with Gasteiger partial charge < -0.3 is 19.3 Å². The summed E-state index contributed by atoms with van der Waals surface area (Å²) in [4.78, 5) is 0. The Morgan fingerprint density at radius 3 is 2.08 bits per heavy atom. The minimum atomic E-state index is 0.0297. The summed E-state index contributed by atoms with van der Waals surface area (Å²) >= 11 is 0. The second-order valence-corrected chi connectivity index (χ2v) is 5.85. The van der Waals surface area contributed by atoms with E-state index >= 15 is 0 Å². The van der Waals surface area contributed by atoms with Gasteiger partial charge in [-0.25, -0.2) is 0 Å². The van der Waals surface area contributed by atoms with Crippen LogP contribution in [0.5, 0.6) is 17.2 Å². The first-order valence-corrected chi connectivity index (χ1v) is 8.44. The number of ether oxygens (including phenoxy) is 3. The van der Waals surface area contributed by atoms with Crippen molar-refractivity contribution in [1.29, 1.82) is 0 Å². The smallest absolute Gasteiger partial charge is 0.161 e. The summed E-state index contributed by atoms with van der Waals surface area (Å²) in [6.45, 7) is 0.944. The zero-order chi connectivity index (χ0) is 18.2. The van der Waals surface area contributed by atoms with E-state index in [-0.39, 0.29) is 6.61 Å².